The van der Waals surface area contributed by atoms with Gasteiger partial charge in [-0.25, -0.2) is 4.79 Å². The highest BCUT2D eigenvalue weighted by Gasteiger charge is 2.60. The van der Waals surface area contributed by atoms with Crippen LogP contribution in [0.4, 0.5) is 4.79 Å². The van der Waals surface area contributed by atoms with Crippen molar-refractivity contribution < 1.29 is 52.7 Å². The summed E-state index contributed by atoms with van der Waals surface area (Å²) in [6.45, 7) is 15.6. The summed E-state index contributed by atoms with van der Waals surface area (Å²) < 4.78 is 38.6. The molecular formula is C51H73N5O11. The Hall–Kier alpha value is -4.58. The first-order valence-electron chi connectivity index (χ1n) is 23.8. The number of nitrogens with zero attached hydrogens (tertiary/aromatic N) is 5. The molecule has 0 saturated carbocycles. The molecule has 1 aromatic carbocycles. The van der Waals surface area contributed by atoms with Gasteiger partial charge in [-0.1, -0.05) is 52.0 Å². The van der Waals surface area contributed by atoms with Gasteiger partial charge in [-0.3, -0.25) is 29.3 Å². The summed E-state index contributed by atoms with van der Waals surface area (Å²) in [5, 5.41) is 12.8. The number of ether oxygens (including phenoxy) is 6. The smallest absolute Gasteiger partial charge is 0.410 e. The van der Waals surface area contributed by atoms with E-state index >= 15 is 4.79 Å². The Labute approximate surface area is 395 Å². The zero-order valence-electron chi connectivity index (χ0n) is 41.4. The molecule has 16 heteroatoms. The van der Waals surface area contributed by atoms with Gasteiger partial charge >= 0.3 is 18.0 Å². The number of para-hydroxylation sites is 1. The van der Waals surface area contributed by atoms with Crippen LogP contribution in [-0.4, -0.2) is 155 Å². The molecule has 6 rings (SSSR count). The molecule has 3 aliphatic rings. The molecular weight excluding hydrogens is 859 g/mol. The van der Waals surface area contributed by atoms with Gasteiger partial charge in [0, 0.05) is 68.3 Å². The molecule has 2 aromatic heterocycles. The largest absolute Gasteiger partial charge is 0.461 e. The van der Waals surface area contributed by atoms with Crippen LogP contribution in [0.3, 0.4) is 0 Å². The van der Waals surface area contributed by atoms with E-state index in [0.717, 1.165) is 16.5 Å². The highest BCUT2D eigenvalue weighted by molar-refractivity contribution is 5.85. The van der Waals surface area contributed by atoms with E-state index in [0.29, 0.717) is 25.2 Å². The van der Waals surface area contributed by atoms with Gasteiger partial charge in [0.15, 0.2) is 11.9 Å². The summed E-state index contributed by atoms with van der Waals surface area (Å²) in [4.78, 5) is 72.5. The molecule has 16 nitrogen and oxygen atoms in total. The number of carbonyl (C=O) groups is 4. The van der Waals surface area contributed by atoms with Gasteiger partial charge in [0.1, 0.15) is 24.1 Å². The van der Waals surface area contributed by atoms with Crippen LogP contribution in [-0.2, 0) is 55.8 Å². The average molecular weight is 932 g/mol. The van der Waals surface area contributed by atoms with E-state index < -0.39 is 89.7 Å². The fourth-order valence-electron chi connectivity index (χ4n) is 10.8. The molecule has 14 atom stereocenters. The Kier molecular flexibility index (Phi) is 16.9. The second-order valence-corrected chi connectivity index (χ2v) is 19.8. The molecule has 5 heterocycles. The summed E-state index contributed by atoms with van der Waals surface area (Å²) >= 11 is 0. The molecule has 0 aliphatic carbocycles. The zero-order valence-corrected chi connectivity index (χ0v) is 41.4. The number of aromatic nitrogens is 2. The molecule has 368 valence electrons. The van der Waals surface area contributed by atoms with Crippen LogP contribution in [0.1, 0.15) is 85.9 Å². The number of hydrogen-bond donors (Lipinski definition) is 1. The van der Waals surface area contributed by atoms with E-state index in [1.807, 2.05) is 84.2 Å². The Morgan fingerprint density at radius 3 is 2.37 bits per heavy atom. The lowest BCUT2D eigenvalue weighted by Gasteiger charge is -2.48. The number of Topliss-reactive ketones (excluding diaryl/α,β-unsaturated/α-hetero) is 1. The molecule has 0 bridgehead atoms. The first kappa shape index (κ1) is 51.8. The number of pyridine rings is 2. The van der Waals surface area contributed by atoms with Gasteiger partial charge in [-0.15, -0.1) is 0 Å². The number of hydrogen-bond acceptors (Lipinski definition) is 15. The third-order valence-electron chi connectivity index (χ3n) is 14.5. The summed E-state index contributed by atoms with van der Waals surface area (Å²) in [7, 11) is 7.24. The number of amides is 1. The normalized spacial score (nSPS) is 34.4. The number of aliphatic hydroxyl groups is 1. The van der Waals surface area contributed by atoms with Crippen molar-refractivity contribution in [3.63, 3.8) is 0 Å². The van der Waals surface area contributed by atoms with Crippen molar-refractivity contribution in [2.45, 2.75) is 148 Å². The minimum atomic E-state index is -1.46. The first-order valence-corrected chi connectivity index (χ1v) is 23.8. The molecule has 1 amide bonds. The SMILES string of the molecule is CC[C@H]1OC(=O)[C@H](C)[C@@H](OC(=O)Cc2ccccn2)[C@H](C)[C@@H](O[C@@H]2O[C@H](C)C[C@H](N(C)C)[C@H]2O)[C@](C)(OC)C[C@@H](C)C(=O)[C@H](C)[C@H]2N(CCN(C)Cc3cnc4ccccc4c3)C(=O)O[C@]12C. The number of methoxy groups -OCH3 is 1. The van der Waals surface area contributed by atoms with Gasteiger partial charge in [0.05, 0.1) is 47.4 Å². The fourth-order valence-corrected chi connectivity index (χ4v) is 10.8. The molecule has 3 aromatic rings. The quantitative estimate of drug-likeness (QED) is 0.159. The Balaban J connectivity index is 1.37. The third kappa shape index (κ3) is 11.5. The van der Waals surface area contributed by atoms with Gasteiger partial charge in [-0.2, -0.15) is 0 Å². The zero-order chi connectivity index (χ0) is 49.0. The monoisotopic (exact) mass is 932 g/mol. The fraction of sp³-hybridized carbons (Fsp3) is 0.647. The van der Waals surface area contributed by atoms with Gasteiger partial charge in [0.25, 0.3) is 0 Å². The van der Waals surface area contributed by atoms with E-state index in [1.165, 1.54) is 7.11 Å². The maximum Gasteiger partial charge on any atom is 0.410 e. The molecule has 0 unspecified atom stereocenters. The first-order chi connectivity index (χ1) is 31.7. The van der Waals surface area contributed by atoms with Crippen molar-refractivity contribution in [3.8, 4) is 0 Å². The van der Waals surface area contributed by atoms with Crippen LogP contribution >= 0.6 is 0 Å². The van der Waals surface area contributed by atoms with Crippen LogP contribution in [0.15, 0.2) is 60.9 Å². The van der Waals surface area contributed by atoms with E-state index in [9.17, 15) is 19.5 Å². The topological polar surface area (TPSA) is 179 Å². The number of carbonyl (C=O) groups excluding carboxylic acids is 4. The molecule has 0 spiro atoms. The van der Waals surface area contributed by atoms with Gasteiger partial charge in [0.2, 0.25) is 0 Å². The Morgan fingerprint density at radius 1 is 0.985 bits per heavy atom. The number of aliphatic hydroxyl groups excluding tert-OH is 1. The number of cyclic esters (lactones) is 1. The molecule has 67 heavy (non-hydrogen) atoms. The summed E-state index contributed by atoms with van der Waals surface area (Å²) in [5.74, 6) is -4.89. The summed E-state index contributed by atoms with van der Waals surface area (Å²) in [5.41, 5.74) is -0.373. The third-order valence-corrected chi connectivity index (χ3v) is 14.5. The minimum absolute atomic E-state index is 0.114. The number of esters is 2. The standard InChI is InChI=1S/C51H73N5O11/c1-13-40-51(8)45(56(49(61)67-51)23-22-55(11)29-35-25-36-18-14-15-20-38(36)53-28-35)32(4)42(58)30(2)27-50(7,62-12)46(66-48-43(59)39(54(9)10)24-31(3)63-48)33(5)44(34(6)47(60)64-40)65-41(57)26-37-19-16-17-21-52-37/h14-21,25,28,30-34,39-40,43-46,48,59H,13,22-24,26-27,29H2,1-12H3/t30-,31-,32+,33+,34-,39+,40-,43-,44+,45-,46-,48+,50-,51-/m1/s1. The van der Waals surface area contributed by atoms with Gasteiger partial charge in [-0.05, 0) is 97.9 Å². The van der Waals surface area contributed by atoms with Crippen molar-refractivity contribution in [1.82, 2.24) is 24.7 Å². The lowest BCUT2D eigenvalue weighted by Crippen LogP contribution is -2.61. The minimum Gasteiger partial charge on any atom is -0.461 e. The second-order valence-electron chi connectivity index (χ2n) is 19.8. The Bertz CT molecular complexity index is 2180. The average Bonchev–Trinajstić information content (AvgIpc) is 3.56. The van der Waals surface area contributed by atoms with Crippen molar-refractivity contribution >= 4 is 34.7 Å². The van der Waals surface area contributed by atoms with E-state index in [4.69, 9.17) is 28.4 Å². The second kappa shape index (κ2) is 21.8. The highest BCUT2D eigenvalue weighted by atomic mass is 16.7. The van der Waals surface area contributed by atoms with E-state index in [2.05, 4.69) is 20.9 Å². The van der Waals surface area contributed by atoms with Crippen molar-refractivity contribution in [2.24, 2.45) is 23.7 Å². The highest BCUT2D eigenvalue weighted by Crippen LogP contribution is 2.44. The van der Waals surface area contributed by atoms with Gasteiger partial charge < -0.3 is 43.3 Å². The molecule has 3 fully saturated rings. The summed E-state index contributed by atoms with van der Waals surface area (Å²) in [6, 6.07) is 14.1. The maximum atomic E-state index is 15.1. The number of benzene rings is 1. The molecule has 0 radical (unpaired) electrons. The van der Waals surface area contributed by atoms with Crippen LogP contribution in [0.5, 0.6) is 0 Å². The van der Waals surface area contributed by atoms with Crippen LogP contribution in [0, 0.1) is 23.7 Å². The number of rotatable bonds is 13. The van der Waals surface area contributed by atoms with E-state index in [-0.39, 0.29) is 43.7 Å². The summed E-state index contributed by atoms with van der Waals surface area (Å²) in [6.07, 6.45) is -2.19. The molecule has 1 N–H and O–H groups in total. The lowest BCUT2D eigenvalue weighted by atomic mass is 9.73. The van der Waals surface area contributed by atoms with Crippen molar-refractivity contribution in [1.29, 1.82) is 0 Å². The number of ketones is 1. The van der Waals surface area contributed by atoms with Crippen LogP contribution in [0.2, 0.25) is 0 Å². The van der Waals surface area contributed by atoms with E-state index in [1.54, 1.807) is 57.0 Å². The van der Waals surface area contributed by atoms with Crippen molar-refractivity contribution in [3.05, 3.63) is 72.2 Å². The van der Waals surface area contributed by atoms with Crippen molar-refractivity contribution in [2.75, 3.05) is 41.3 Å². The Morgan fingerprint density at radius 2 is 1.70 bits per heavy atom. The molecule has 3 saturated heterocycles. The molecule has 3 aliphatic heterocycles. The maximum absolute atomic E-state index is 15.1. The van der Waals surface area contributed by atoms with Crippen LogP contribution < -0.4 is 0 Å². The lowest BCUT2D eigenvalue weighted by molar-refractivity contribution is -0.301. The predicted molar refractivity (Wildman–Crippen MR) is 250 cm³/mol. The number of fused-ring (bicyclic) bond motifs is 2. The predicted octanol–water partition coefficient (Wildman–Crippen LogP) is 5.85. The van der Waals surface area contributed by atoms with Crippen LogP contribution in [0.25, 0.3) is 10.9 Å². The number of likely N-dealkylation sites (N-methyl/N-ethyl adjacent to an activating group) is 2.